The van der Waals surface area contributed by atoms with E-state index in [0.29, 0.717) is 6.04 Å². The molecule has 1 amide bonds. The Balaban J connectivity index is 2.49. The van der Waals surface area contributed by atoms with Crippen LogP contribution in [0.4, 0.5) is 4.79 Å². The predicted octanol–water partition coefficient (Wildman–Crippen LogP) is 3.46. The zero-order valence-corrected chi connectivity index (χ0v) is 14.0. The Bertz CT molecular complexity index is 315. The molecule has 1 rings (SSSR count). The van der Waals surface area contributed by atoms with E-state index in [-0.39, 0.29) is 17.6 Å². The normalized spacial score (nSPS) is 24.3. The average Bonchev–Trinajstić information content (AvgIpc) is 2.24. The fraction of sp³-hybridized carbons (Fsp3) is 0.938. The second kappa shape index (κ2) is 6.79. The molecule has 0 aliphatic heterocycles. The van der Waals surface area contributed by atoms with Gasteiger partial charge in [0.15, 0.2) is 0 Å². The Morgan fingerprint density at radius 3 is 2.10 bits per heavy atom. The van der Waals surface area contributed by atoms with Crippen LogP contribution in [0.5, 0.6) is 0 Å². The SMILES string of the molecule is CC(C)(C)CN[C@@H]1CCCC[C@H]1NC(=O)OC(C)(C)C. The Morgan fingerprint density at radius 2 is 1.60 bits per heavy atom. The molecule has 2 atom stereocenters. The number of hydrogen-bond acceptors (Lipinski definition) is 3. The smallest absolute Gasteiger partial charge is 0.407 e. The van der Waals surface area contributed by atoms with E-state index in [1.54, 1.807) is 0 Å². The van der Waals surface area contributed by atoms with Crippen molar-refractivity contribution >= 4 is 6.09 Å². The largest absolute Gasteiger partial charge is 0.444 e. The van der Waals surface area contributed by atoms with Crippen molar-refractivity contribution in [1.29, 1.82) is 0 Å². The van der Waals surface area contributed by atoms with Gasteiger partial charge in [0.05, 0.1) is 0 Å². The van der Waals surface area contributed by atoms with Crippen LogP contribution in [0, 0.1) is 5.41 Å². The number of carbonyl (C=O) groups is 1. The maximum Gasteiger partial charge on any atom is 0.407 e. The second-order valence-corrected chi connectivity index (χ2v) is 8.09. The van der Waals surface area contributed by atoms with Crippen molar-refractivity contribution in [3.8, 4) is 0 Å². The fourth-order valence-electron chi connectivity index (χ4n) is 2.44. The van der Waals surface area contributed by atoms with E-state index in [2.05, 4.69) is 31.4 Å². The van der Waals surface area contributed by atoms with Gasteiger partial charge >= 0.3 is 6.09 Å². The first kappa shape index (κ1) is 17.3. The predicted molar refractivity (Wildman–Crippen MR) is 82.9 cm³/mol. The van der Waals surface area contributed by atoms with Gasteiger partial charge in [0.2, 0.25) is 0 Å². The highest BCUT2D eigenvalue weighted by Crippen LogP contribution is 2.21. The molecule has 1 aliphatic rings. The molecule has 4 nitrogen and oxygen atoms in total. The van der Waals surface area contributed by atoms with Crippen molar-refractivity contribution in [1.82, 2.24) is 10.6 Å². The fourth-order valence-corrected chi connectivity index (χ4v) is 2.44. The van der Waals surface area contributed by atoms with Crippen molar-refractivity contribution in [2.45, 2.75) is 84.9 Å². The van der Waals surface area contributed by atoms with Crippen LogP contribution in [0.15, 0.2) is 0 Å². The number of ether oxygens (including phenoxy) is 1. The third kappa shape index (κ3) is 7.13. The highest BCUT2D eigenvalue weighted by Gasteiger charge is 2.28. The maximum absolute atomic E-state index is 11.9. The van der Waals surface area contributed by atoms with E-state index < -0.39 is 5.60 Å². The number of carbonyl (C=O) groups excluding carboxylic acids is 1. The average molecular weight is 284 g/mol. The summed E-state index contributed by atoms with van der Waals surface area (Å²) in [5.41, 5.74) is -0.180. The maximum atomic E-state index is 11.9. The monoisotopic (exact) mass is 284 g/mol. The third-order valence-corrected chi connectivity index (χ3v) is 3.36. The standard InChI is InChI=1S/C16H32N2O2/c1-15(2,3)11-17-12-9-7-8-10-13(12)18-14(19)20-16(4,5)6/h12-13,17H,7-11H2,1-6H3,(H,18,19)/t12-,13-/m1/s1. The number of nitrogens with one attached hydrogen (secondary N) is 2. The van der Waals surface area contributed by atoms with Crippen LogP contribution in [0.3, 0.4) is 0 Å². The molecular weight excluding hydrogens is 252 g/mol. The lowest BCUT2D eigenvalue weighted by Crippen LogP contribution is -2.53. The third-order valence-electron chi connectivity index (χ3n) is 3.36. The van der Waals surface area contributed by atoms with Gasteiger partial charge in [-0.1, -0.05) is 33.6 Å². The van der Waals surface area contributed by atoms with Crippen molar-refractivity contribution in [2.24, 2.45) is 5.41 Å². The van der Waals surface area contributed by atoms with Crippen molar-refractivity contribution < 1.29 is 9.53 Å². The molecule has 0 aromatic heterocycles. The van der Waals surface area contributed by atoms with Gasteiger partial charge < -0.3 is 15.4 Å². The topological polar surface area (TPSA) is 50.4 Å². The van der Waals surface area contributed by atoms with E-state index >= 15 is 0 Å². The molecular formula is C16H32N2O2. The summed E-state index contributed by atoms with van der Waals surface area (Å²) in [6.45, 7) is 13.3. The molecule has 1 aliphatic carbocycles. The Labute approximate surface area is 124 Å². The van der Waals surface area contributed by atoms with Crippen LogP contribution in [-0.4, -0.2) is 30.3 Å². The lowest BCUT2D eigenvalue weighted by Gasteiger charge is -2.35. The Hall–Kier alpha value is -0.770. The summed E-state index contributed by atoms with van der Waals surface area (Å²) in [6.07, 6.45) is 4.26. The second-order valence-electron chi connectivity index (χ2n) is 8.09. The lowest BCUT2D eigenvalue weighted by atomic mass is 9.88. The van der Waals surface area contributed by atoms with Gasteiger partial charge in [-0.15, -0.1) is 0 Å². The molecule has 0 heterocycles. The van der Waals surface area contributed by atoms with Crippen molar-refractivity contribution in [3.05, 3.63) is 0 Å². The van der Waals surface area contributed by atoms with E-state index in [4.69, 9.17) is 4.74 Å². The lowest BCUT2D eigenvalue weighted by molar-refractivity contribution is 0.0478. The van der Waals surface area contributed by atoms with Crippen LogP contribution in [-0.2, 0) is 4.74 Å². The summed E-state index contributed by atoms with van der Waals surface area (Å²) < 4.78 is 5.36. The van der Waals surface area contributed by atoms with E-state index in [1.165, 1.54) is 12.8 Å². The Kier molecular flexibility index (Phi) is 5.87. The van der Waals surface area contributed by atoms with Gasteiger partial charge in [-0.3, -0.25) is 0 Å². The van der Waals surface area contributed by atoms with Gasteiger partial charge in [0.25, 0.3) is 0 Å². The summed E-state index contributed by atoms with van der Waals surface area (Å²) in [7, 11) is 0. The summed E-state index contributed by atoms with van der Waals surface area (Å²) >= 11 is 0. The van der Waals surface area contributed by atoms with Crippen LogP contribution in [0.25, 0.3) is 0 Å². The first-order chi connectivity index (χ1) is 9.07. The van der Waals surface area contributed by atoms with Crippen LogP contribution >= 0.6 is 0 Å². The van der Waals surface area contributed by atoms with Crippen LogP contribution in [0.1, 0.15) is 67.2 Å². The first-order valence-electron chi connectivity index (χ1n) is 7.80. The molecule has 20 heavy (non-hydrogen) atoms. The minimum absolute atomic E-state index is 0.181. The quantitative estimate of drug-likeness (QED) is 0.834. The molecule has 2 N–H and O–H groups in total. The van der Waals surface area contributed by atoms with E-state index in [1.807, 2.05) is 20.8 Å². The van der Waals surface area contributed by atoms with E-state index in [0.717, 1.165) is 19.4 Å². The van der Waals surface area contributed by atoms with Gasteiger partial charge in [-0.05, 0) is 39.0 Å². The molecule has 1 fully saturated rings. The molecule has 1 saturated carbocycles. The molecule has 0 saturated heterocycles. The molecule has 0 spiro atoms. The van der Waals surface area contributed by atoms with Crippen molar-refractivity contribution in [3.63, 3.8) is 0 Å². The molecule has 4 heteroatoms. The molecule has 0 aromatic carbocycles. The first-order valence-corrected chi connectivity index (χ1v) is 7.80. The molecule has 0 radical (unpaired) electrons. The van der Waals surface area contributed by atoms with E-state index in [9.17, 15) is 4.79 Å². The van der Waals surface area contributed by atoms with Crippen LogP contribution < -0.4 is 10.6 Å². The minimum Gasteiger partial charge on any atom is -0.444 e. The number of amides is 1. The highest BCUT2D eigenvalue weighted by molar-refractivity contribution is 5.68. The number of hydrogen-bond donors (Lipinski definition) is 2. The summed E-state index contributed by atoms with van der Waals surface area (Å²) in [4.78, 5) is 11.9. The molecule has 0 aromatic rings. The van der Waals surface area contributed by atoms with Gasteiger partial charge in [-0.2, -0.15) is 0 Å². The molecule has 118 valence electrons. The molecule has 0 unspecified atom stereocenters. The Morgan fingerprint density at radius 1 is 1.05 bits per heavy atom. The molecule has 0 bridgehead atoms. The zero-order valence-electron chi connectivity index (χ0n) is 14.0. The summed E-state index contributed by atoms with van der Waals surface area (Å²) in [6, 6.07) is 0.538. The zero-order chi connectivity index (χ0) is 15.4. The summed E-state index contributed by atoms with van der Waals surface area (Å²) in [5, 5.41) is 6.65. The van der Waals surface area contributed by atoms with Gasteiger partial charge in [0.1, 0.15) is 5.60 Å². The highest BCUT2D eigenvalue weighted by atomic mass is 16.6. The van der Waals surface area contributed by atoms with Gasteiger partial charge in [0, 0.05) is 18.6 Å². The van der Waals surface area contributed by atoms with Crippen LogP contribution in [0.2, 0.25) is 0 Å². The number of rotatable bonds is 3. The van der Waals surface area contributed by atoms with Gasteiger partial charge in [-0.25, -0.2) is 4.79 Å². The van der Waals surface area contributed by atoms with Crippen molar-refractivity contribution in [2.75, 3.05) is 6.54 Å². The minimum atomic E-state index is -0.437. The summed E-state index contributed by atoms with van der Waals surface area (Å²) in [5.74, 6) is 0. The number of alkyl carbamates (subject to hydrolysis) is 1.